The fourth-order valence-electron chi connectivity index (χ4n) is 2.25. The number of hydrogen-bond acceptors (Lipinski definition) is 4. The molecule has 26 heavy (non-hydrogen) atoms. The van der Waals surface area contributed by atoms with Crippen LogP contribution in [0.1, 0.15) is 25.1 Å². The second-order valence-electron chi connectivity index (χ2n) is 5.82. The summed E-state index contributed by atoms with van der Waals surface area (Å²) in [5, 5.41) is 4.23. The zero-order chi connectivity index (χ0) is 19.3. The summed E-state index contributed by atoms with van der Waals surface area (Å²) in [6.45, 7) is 4.20. The number of amides is 1. The van der Waals surface area contributed by atoms with Crippen LogP contribution < -0.4 is 10.9 Å². The van der Waals surface area contributed by atoms with Crippen molar-refractivity contribution in [3.8, 4) is 0 Å². The van der Waals surface area contributed by atoms with Crippen LogP contribution in [0, 0.1) is 0 Å². The number of thioether (sulfide) groups is 1. The van der Waals surface area contributed by atoms with E-state index in [0.29, 0.717) is 34.6 Å². The normalized spacial score (nSPS) is 12.0. The first kappa shape index (κ1) is 20.8. The molecule has 1 aromatic heterocycles. The summed E-state index contributed by atoms with van der Waals surface area (Å²) in [5.41, 5.74) is 1.53. The van der Waals surface area contributed by atoms with Crippen LogP contribution in [0.4, 0.5) is 0 Å². The van der Waals surface area contributed by atoms with Crippen LogP contribution in [0.25, 0.3) is 0 Å². The second kappa shape index (κ2) is 9.44. The molecule has 1 unspecified atom stereocenters. The van der Waals surface area contributed by atoms with Crippen LogP contribution in [0.5, 0.6) is 0 Å². The molecule has 140 valence electrons. The highest BCUT2D eigenvalue weighted by molar-refractivity contribution is 8.00. The molecule has 0 saturated carbocycles. The third-order valence-electron chi connectivity index (χ3n) is 3.87. The molecule has 0 aliphatic rings. The lowest BCUT2D eigenvalue weighted by atomic mass is 10.1. The summed E-state index contributed by atoms with van der Waals surface area (Å²) in [7, 11) is 1.66. The first-order chi connectivity index (χ1) is 12.3. The molecule has 1 N–H and O–H groups in total. The molecule has 0 spiro atoms. The van der Waals surface area contributed by atoms with Crippen LogP contribution in [-0.4, -0.2) is 27.3 Å². The van der Waals surface area contributed by atoms with E-state index in [1.54, 1.807) is 26.1 Å². The Morgan fingerprint density at radius 2 is 2.08 bits per heavy atom. The second-order valence-corrected chi connectivity index (χ2v) is 7.97. The monoisotopic (exact) mass is 413 g/mol. The summed E-state index contributed by atoms with van der Waals surface area (Å²) in [4.78, 5) is 28.7. The van der Waals surface area contributed by atoms with Gasteiger partial charge in [-0.3, -0.25) is 14.2 Å². The average Bonchev–Trinajstić information content (AvgIpc) is 2.60. The number of nitrogens with zero attached hydrogens (tertiary/aromatic N) is 2. The van der Waals surface area contributed by atoms with Gasteiger partial charge in [-0.15, -0.1) is 0 Å². The first-order valence-corrected chi connectivity index (χ1v) is 9.90. The van der Waals surface area contributed by atoms with Gasteiger partial charge in [0, 0.05) is 35.4 Å². The lowest BCUT2D eigenvalue weighted by Gasteiger charge is -2.14. The molecule has 0 saturated heterocycles. The summed E-state index contributed by atoms with van der Waals surface area (Å²) in [6, 6.07) is 6.83. The highest BCUT2D eigenvalue weighted by Crippen LogP contribution is 2.22. The molecular weight excluding hydrogens is 393 g/mol. The van der Waals surface area contributed by atoms with Crippen molar-refractivity contribution in [1.29, 1.82) is 0 Å². The molecular formula is C18H21Cl2N3O2S. The smallest absolute Gasteiger partial charge is 0.254 e. The van der Waals surface area contributed by atoms with Crippen molar-refractivity contribution in [3.05, 3.63) is 55.9 Å². The number of rotatable bonds is 7. The van der Waals surface area contributed by atoms with Gasteiger partial charge >= 0.3 is 0 Å². The van der Waals surface area contributed by atoms with E-state index >= 15 is 0 Å². The van der Waals surface area contributed by atoms with Gasteiger partial charge in [0.1, 0.15) is 0 Å². The molecule has 0 fully saturated rings. The quantitative estimate of drug-likeness (QED) is 0.557. The molecule has 0 bridgehead atoms. The minimum absolute atomic E-state index is 0.115. The van der Waals surface area contributed by atoms with Gasteiger partial charge in [0.15, 0.2) is 5.16 Å². The van der Waals surface area contributed by atoms with Crippen molar-refractivity contribution in [3.63, 3.8) is 0 Å². The van der Waals surface area contributed by atoms with E-state index in [9.17, 15) is 9.59 Å². The number of benzene rings is 1. The van der Waals surface area contributed by atoms with Crippen LogP contribution in [0.3, 0.4) is 0 Å². The summed E-state index contributed by atoms with van der Waals surface area (Å²) < 4.78 is 1.46. The van der Waals surface area contributed by atoms with Crippen LogP contribution in [0.2, 0.25) is 10.0 Å². The van der Waals surface area contributed by atoms with Gasteiger partial charge in [-0.2, -0.15) is 0 Å². The summed E-state index contributed by atoms with van der Waals surface area (Å²) in [6.07, 6.45) is 1.28. The lowest BCUT2D eigenvalue weighted by molar-refractivity contribution is -0.120. The van der Waals surface area contributed by atoms with Gasteiger partial charge in [-0.1, -0.05) is 48.0 Å². The van der Waals surface area contributed by atoms with Crippen LogP contribution in [0.15, 0.2) is 34.2 Å². The molecule has 5 nitrogen and oxygen atoms in total. The zero-order valence-corrected chi connectivity index (χ0v) is 17.2. The Balaban J connectivity index is 1.93. The third kappa shape index (κ3) is 5.50. The Hall–Kier alpha value is -1.50. The standard InChI is InChI=1S/C18H21Cl2N3O2S/c1-4-14-10-16(24)23(3)18(22-14)26-11(2)17(25)21-8-7-12-5-6-13(19)9-15(12)20/h5-6,9-11H,4,7-8H2,1-3H3,(H,21,25). The first-order valence-electron chi connectivity index (χ1n) is 8.27. The number of aryl methyl sites for hydroxylation is 1. The number of carbonyl (C=O) groups is 1. The average molecular weight is 414 g/mol. The van der Waals surface area contributed by atoms with E-state index in [2.05, 4.69) is 10.3 Å². The van der Waals surface area contributed by atoms with E-state index < -0.39 is 0 Å². The lowest BCUT2D eigenvalue weighted by Crippen LogP contribution is -2.33. The molecule has 8 heteroatoms. The highest BCUT2D eigenvalue weighted by atomic mass is 35.5. The van der Waals surface area contributed by atoms with Crippen molar-refractivity contribution in [2.75, 3.05) is 6.54 Å². The van der Waals surface area contributed by atoms with Gasteiger partial charge in [-0.25, -0.2) is 4.98 Å². The Bertz CT molecular complexity index is 855. The Kier molecular flexibility index (Phi) is 7.55. The summed E-state index contributed by atoms with van der Waals surface area (Å²) in [5.74, 6) is -0.115. The topological polar surface area (TPSA) is 64.0 Å². The number of hydrogen-bond donors (Lipinski definition) is 1. The molecule has 0 aliphatic carbocycles. The molecule has 1 amide bonds. The van der Waals surface area contributed by atoms with Crippen molar-refractivity contribution in [2.24, 2.45) is 7.05 Å². The fourth-order valence-corrected chi connectivity index (χ4v) is 3.68. The number of halogens is 2. The van der Waals surface area contributed by atoms with E-state index in [1.807, 2.05) is 13.0 Å². The minimum atomic E-state index is -0.374. The van der Waals surface area contributed by atoms with Crippen molar-refractivity contribution < 1.29 is 4.79 Å². The summed E-state index contributed by atoms with van der Waals surface area (Å²) >= 11 is 13.3. The molecule has 2 rings (SSSR count). The number of carbonyl (C=O) groups excluding carboxylic acids is 1. The maximum Gasteiger partial charge on any atom is 0.254 e. The number of aromatic nitrogens is 2. The molecule has 2 aromatic rings. The van der Waals surface area contributed by atoms with E-state index in [4.69, 9.17) is 23.2 Å². The molecule has 1 aromatic carbocycles. The Morgan fingerprint density at radius 1 is 1.35 bits per heavy atom. The maximum atomic E-state index is 12.3. The van der Waals surface area contributed by atoms with Gasteiger partial charge in [0.2, 0.25) is 5.91 Å². The third-order valence-corrected chi connectivity index (χ3v) is 5.60. The predicted octanol–water partition coefficient (Wildman–Crippen LogP) is 3.49. The van der Waals surface area contributed by atoms with E-state index in [-0.39, 0.29) is 16.7 Å². The molecule has 1 heterocycles. The molecule has 1 atom stereocenters. The SMILES string of the molecule is CCc1cc(=O)n(C)c(SC(C)C(=O)NCCc2ccc(Cl)cc2Cl)n1. The Labute approximate surface area is 167 Å². The maximum absolute atomic E-state index is 12.3. The van der Waals surface area contributed by atoms with Crippen molar-refractivity contribution in [1.82, 2.24) is 14.9 Å². The van der Waals surface area contributed by atoms with Gasteiger partial charge in [0.05, 0.1) is 5.25 Å². The van der Waals surface area contributed by atoms with Gasteiger partial charge in [-0.05, 0) is 37.5 Å². The van der Waals surface area contributed by atoms with Crippen molar-refractivity contribution >= 4 is 40.9 Å². The molecule has 0 aliphatic heterocycles. The largest absolute Gasteiger partial charge is 0.355 e. The van der Waals surface area contributed by atoms with Gasteiger partial charge < -0.3 is 5.32 Å². The fraction of sp³-hybridized carbons (Fsp3) is 0.389. The Morgan fingerprint density at radius 3 is 2.73 bits per heavy atom. The van der Waals surface area contributed by atoms with Crippen molar-refractivity contribution in [2.45, 2.75) is 37.1 Å². The van der Waals surface area contributed by atoms with Crippen LogP contribution >= 0.6 is 35.0 Å². The predicted molar refractivity (Wildman–Crippen MR) is 107 cm³/mol. The van der Waals surface area contributed by atoms with E-state index in [1.165, 1.54) is 22.4 Å². The minimum Gasteiger partial charge on any atom is -0.355 e. The molecule has 0 radical (unpaired) electrons. The van der Waals surface area contributed by atoms with Crippen LogP contribution in [-0.2, 0) is 24.7 Å². The van der Waals surface area contributed by atoms with E-state index in [0.717, 1.165) is 11.3 Å². The van der Waals surface area contributed by atoms with Gasteiger partial charge in [0.25, 0.3) is 5.56 Å². The number of nitrogens with one attached hydrogen (secondary N) is 1. The highest BCUT2D eigenvalue weighted by Gasteiger charge is 2.17. The zero-order valence-electron chi connectivity index (χ0n) is 14.9.